The summed E-state index contributed by atoms with van der Waals surface area (Å²) < 4.78 is 40.3. The fraction of sp³-hybridized carbons (Fsp3) is 0.111. The van der Waals surface area contributed by atoms with Crippen LogP contribution in [0.1, 0.15) is 21.7 Å². The highest BCUT2D eigenvalue weighted by molar-refractivity contribution is 6.33. The summed E-state index contributed by atoms with van der Waals surface area (Å²) in [5.41, 5.74) is 5.75. The second-order valence-corrected chi connectivity index (χ2v) is 6.20. The SMILES string of the molecule is Cc1cc(C(F)(F)F)n(-c2ccc(C(=O)Nc3ccccc3Cl)cc2N)n1. The van der Waals surface area contributed by atoms with Crippen molar-refractivity contribution >= 4 is 28.9 Å². The number of para-hydroxylation sites is 1. The summed E-state index contributed by atoms with van der Waals surface area (Å²) in [7, 11) is 0. The molecule has 3 aromatic rings. The lowest BCUT2D eigenvalue weighted by Gasteiger charge is -2.13. The molecule has 1 aromatic heterocycles. The van der Waals surface area contributed by atoms with E-state index >= 15 is 0 Å². The molecule has 0 saturated carbocycles. The summed E-state index contributed by atoms with van der Waals surface area (Å²) in [6.45, 7) is 1.45. The molecule has 27 heavy (non-hydrogen) atoms. The number of carbonyl (C=O) groups is 1. The highest BCUT2D eigenvalue weighted by atomic mass is 35.5. The topological polar surface area (TPSA) is 72.9 Å². The van der Waals surface area contributed by atoms with Crippen molar-refractivity contribution in [2.45, 2.75) is 13.1 Å². The van der Waals surface area contributed by atoms with Gasteiger partial charge in [-0.25, -0.2) is 4.68 Å². The third-order valence-corrected chi connectivity index (χ3v) is 4.09. The molecular formula is C18H14ClF3N4O. The van der Waals surface area contributed by atoms with Crippen molar-refractivity contribution < 1.29 is 18.0 Å². The molecular weight excluding hydrogens is 381 g/mol. The number of amides is 1. The number of alkyl halides is 3. The molecule has 0 unspecified atom stereocenters. The molecule has 1 amide bonds. The van der Waals surface area contributed by atoms with Crippen LogP contribution in [-0.4, -0.2) is 15.7 Å². The number of nitrogens with one attached hydrogen (secondary N) is 1. The number of aryl methyl sites for hydroxylation is 1. The molecule has 2 aromatic carbocycles. The van der Waals surface area contributed by atoms with Gasteiger partial charge in [-0.05, 0) is 43.3 Å². The number of anilines is 2. The minimum atomic E-state index is -4.59. The summed E-state index contributed by atoms with van der Waals surface area (Å²) in [4.78, 5) is 12.4. The van der Waals surface area contributed by atoms with Crippen LogP contribution in [0, 0.1) is 6.92 Å². The highest BCUT2D eigenvalue weighted by Gasteiger charge is 2.36. The van der Waals surface area contributed by atoms with Crippen LogP contribution in [0.25, 0.3) is 5.69 Å². The number of halogens is 4. The van der Waals surface area contributed by atoms with Gasteiger partial charge in [-0.1, -0.05) is 23.7 Å². The van der Waals surface area contributed by atoms with Crippen molar-refractivity contribution in [3.05, 3.63) is 70.5 Å². The Hall–Kier alpha value is -3.00. The molecule has 0 spiro atoms. The molecule has 5 nitrogen and oxygen atoms in total. The number of hydrogen-bond acceptors (Lipinski definition) is 3. The first-order valence-electron chi connectivity index (χ1n) is 7.76. The van der Waals surface area contributed by atoms with Crippen molar-refractivity contribution in [1.82, 2.24) is 9.78 Å². The van der Waals surface area contributed by atoms with Gasteiger partial charge in [0.25, 0.3) is 5.91 Å². The molecule has 0 atom stereocenters. The van der Waals surface area contributed by atoms with Crippen molar-refractivity contribution in [3.63, 3.8) is 0 Å². The Kier molecular flexibility index (Phi) is 4.84. The van der Waals surface area contributed by atoms with E-state index in [2.05, 4.69) is 10.4 Å². The van der Waals surface area contributed by atoms with Crippen LogP contribution in [0.15, 0.2) is 48.5 Å². The smallest absolute Gasteiger partial charge is 0.397 e. The highest BCUT2D eigenvalue weighted by Crippen LogP contribution is 2.33. The maximum absolute atomic E-state index is 13.2. The number of rotatable bonds is 3. The van der Waals surface area contributed by atoms with E-state index in [4.69, 9.17) is 17.3 Å². The lowest BCUT2D eigenvalue weighted by molar-refractivity contribution is -0.142. The lowest BCUT2D eigenvalue weighted by atomic mass is 10.1. The van der Waals surface area contributed by atoms with Crippen molar-refractivity contribution in [2.75, 3.05) is 11.1 Å². The molecule has 1 heterocycles. The first kappa shape index (κ1) is 18.8. The standard InChI is InChI=1S/C18H14ClF3N4O/c1-10-8-16(18(20,21)22)26(25-10)15-7-6-11(9-13(15)23)17(27)24-14-5-3-2-4-12(14)19/h2-9H,23H2,1H3,(H,24,27). The maximum Gasteiger partial charge on any atom is 0.433 e. The fourth-order valence-corrected chi connectivity index (χ4v) is 2.71. The number of nitrogens with two attached hydrogens (primary N) is 1. The van der Waals surface area contributed by atoms with Gasteiger partial charge in [0.15, 0.2) is 0 Å². The molecule has 9 heteroatoms. The minimum absolute atomic E-state index is 0.0181. The summed E-state index contributed by atoms with van der Waals surface area (Å²) >= 11 is 6.00. The van der Waals surface area contributed by atoms with Gasteiger partial charge >= 0.3 is 6.18 Å². The summed E-state index contributed by atoms with van der Waals surface area (Å²) in [6.07, 6.45) is -4.59. The Morgan fingerprint density at radius 2 is 1.89 bits per heavy atom. The predicted octanol–water partition coefficient (Wildman–Crippen LogP) is 4.69. The van der Waals surface area contributed by atoms with E-state index in [-0.39, 0.29) is 22.6 Å². The van der Waals surface area contributed by atoms with Crippen LogP contribution >= 0.6 is 11.6 Å². The van der Waals surface area contributed by atoms with Crippen LogP contribution in [0.4, 0.5) is 24.5 Å². The minimum Gasteiger partial charge on any atom is -0.397 e. The predicted molar refractivity (Wildman–Crippen MR) is 97.1 cm³/mol. The average molecular weight is 395 g/mol. The monoisotopic (exact) mass is 394 g/mol. The van der Waals surface area contributed by atoms with Gasteiger partial charge in [0.05, 0.1) is 27.8 Å². The second-order valence-electron chi connectivity index (χ2n) is 5.79. The third-order valence-electron chi connectivity index (χ3n) is 3.76. The molecule has 0 fully saturated rings. The van der Waals surface area contributed by atoms with Gasteiger partial charge < -0.3 is 11.1 Å². The molecule has 0 aliphatic carbocycles. The van der Waals surface area contributed by atoms with Crippen LogP contribution in [0.2, 0.25) is 5.02 Å². The van der Waals surface area contributed by atoms with E-state index in [0.717, 1.165) is 10.7 Å². The van der Waals surface area contributed by atoms with Crippen LogP contribution in [-0.2, 0) is 6.18 Å². The fourth-order valence-electron chi connectivity index (χ4n) is 2.53. The van der Waals surface area contributed by atoms with E-state index in [1.165, 1.54) is 25.1 Å². The van der Waals surface area contributed by atoms with Gasteiger partial charge in [0.2, 0.25) is 0 Å². The van der Waals surface area contributed by atoms with Gasteiger partial charge in [-0.2, -0.15) is 18.3 Å². The zero-order valence-corrected chi connectivity index (χ0v) is 14.8. The van der Waals surface area contributed by atoms with Crippen molar-refractivity contribution in [1.29, 1.82) is 0 Å². The Balaban J connectivity index is 1.93. The molecule has 3 rings (SSSR count). The number of benzene rings is 2. The zero-order valence-electron chi connectivity index (χ0n) is 14.0. The second kappa shape index (κ2) is 6.96. The average Bonchev–Trinajstić information content (AvgIpc) is 2.98. The first-order valence-corrected chi connectivity index (χ1v) is 8.14. The summed E-state index contributed by atoms with van der Waals surface area (Å²) in [6, 6.07) is 11.6. The van der Waals surface area contributed by atoms with Gasteiger partial charge in [0, 0.05) is 5.56 Å². The van der Waals surface area contributed by atoms with E-state index < -0.39 is 17.8 Å². The van der Waals surface area contributed by atoms with Crippen molar-refractivity contribution in [2.24, 2.45) is 0 Å². The Morgan fingerprint density at radius 3 is 2.52 bits per heavy atom. The van der Waals surface area contributed by atoms with E-state index in [0.29, 0.717) is 10.7 Å². The molecule has 0 saturated heterocycles. The van der Waals surface area contributed by atoms with Crippen LogP contribution < -0.4 is 11.1 Å². The van der Waals surface area contributed by atoms with Gasteiger partial charge in [0.1, 0.15) is 5.69 Å². The summed E-state index contributed by atoms with van der Waals surface area (Å²) in [5.74, 6) is -0.492. The normalized spacial score (nSPS) is 11.4. The van der Waals surface area contributed by atoms with Gasteiger partial charge in [-0.3, -0.25) is 4.79 Å². The lowest BCUT2D eigenvalue weighted by Crippen LogP contribution is -2.16. The van der Waals surface area contributed by atoms with Gasteiger partial charge in [-0.15, -0.1) is 0 Å². The van der Waals surface area contributed by atoms with Crippen LogP contribution in [0.5, 0.6) is 0 Å². The van der Waals surface area contributed by atoms with E-state index in [1.54, 1.807) is 24.3 Å². The van der Waals surface area contributed by atoms with E-state index in [1.807, 2.05) is 0 Å². The quantitative estimate of drug-likeness (QED) is 0.633. The Bertz CT molecular complexity index is 1010. The molecule has 3 N–H and O–H groups in total. The Morgan fingerprint density at radius 1 is 1.19 bits per heavy atom. The van der Waals surface area contributed by atoms with E-state index in [9.17, 15) is 18.0 Å². The first-order chi connectivity index (χ1) is 12.7. The summed E-state index contributed by atoms with van der Waals surface area (Å²) in [5, 5.41) is 6.84. The van der Waals surface area contributed by atoms with Crippen LogP contribution in [0.3, 0.4) is 0 Å². The number of aromatic nitrogens is 2. The third kappa shape index (κ3) is 3.90. The molecule has 0 aliphatic heterocycles. The number of hydrogen-bond donors (Lipinski definition) is 2. The number of nitrogens with zero attached hydrogens (tertiary/aromatic N) is 2. The number of carbonyl (C=O) groups excluding carboxylic acids is 1. The zero-order chi connectivity index (χ0) is 19.8. The van der Waals surface area contributed by atoms with Crippen molar-refractivity contribution in [3.8, 4) is 5.69 Å². The maximum atomic E-state index is 13.2. The largest absolute Gasteiger partial charge is 0.433 e. The molecule has 0 aliphatic rings. The molecule has 0 radical (unpaired) electrons. The molecule has 140 valence electrons. The number of nitrogen functional groups attached to an aromatic ring is 1. The Labute approximate surface area is 157 Å². The molecule has 0 bridgehead atoms.